The van der Waals surface area contributed by atoms with E-state index in [-0.39, 0.29) is 23.6 Å². The normalized spacial score (nSPS) is 18.4. The second-order valence-electron chi connectivity index (χ2n) is 8.86. The molecule has 182 valence electrons. The van der Waals surface area contributed by atoms with Crippen LogP contribution in [-0.4, -0.2) is 47.3 Å². The largest absolute Gasteiger partial charge is 0.465 e. The van der Waals surface area contributed by atoms with Crippen molar-refractivity contribution in [1.29, 1.82) is 0 Å². The van der Waals surface area contributed by atoms with Crippen LogP contribution in [0.2, 0.25) is 0 Å². The van der Waals surface area contributed by atoms with Crippen LogP contribution in [0.3, 0.4) is 0 Å². The Kier molecular flexibility index (Phi) is 6.88. The molecular weight excluding hydrogens is 466 g/mol. The second kappa shape index (κ2) is 10.2. The third-order valence-corrected chi connectivity index (χ3v) is 7.48. The van der Waals surface area contributed by atoms with Crippen LogP contribution in [-0.2, 0) is 20.8 Å². The van der Waals surface area contributed by atoms with Crippen LogP contribution in [0.1, 0.15) is 46.9 Å². The van der Waals surface area contributed by atoms with Gasteiger partial charge in [0.2, 0.25) is 5.91 Å². The Bertz CT molecular complexity index is 1300. The Morgan fingerprint density at radius 1 is 1.20 bits per heavy atom. The number of ether oxygens (including phenoxy) is 2. The summed E-state index contributed by atoms with van der Waals surface area (Å²) in [5.41, 5.74) is 1.31. The van der Waals surface area contributed by atoms with Gasteiger partial charge >= 0.3 is 5.97 Å². The molecule has 1 saturated carbocycles. The van der Waals surface area contributed by atoms with Gasteiger partial charge in [0.15, 0.2) is 5.16 Å². The first-order chi connectivity index (χ1) is 17.0. The number of carbonyl (C=O) groups excluding carboxylic acids is 2. The first-order valence-electron chi connectivity index (χ1n) is 11.8. The summed E-state index contributed by atoms with van der Waals surface area (Å²) in [6.07, 6.45) is 3.68. The van der Waals surface area contributed by atoms with Crippen LogP contribution >= 0.6 is 11.8 Å². The third-order valence-electron chi connectivity index (χ3n) is 6.24. The first-order valence-corrected chi connectivity index (χ1v) is 12.7. The third kappa shape index (κ3) is 5.26. The fraction of sp³-hybridized carbons (Fsp3) is 0.385. The number of methoxy groups -OCH3 is 1. The predicted octanol–water partition coefficient (Wildman–Crippen LogP) is 3.47. The number of nitrogens with one attached hydrogen (secondary N) is 1. The molecule has 1 aliphatic heterocycles. The molecule has 2 atom stereocenters. The number of amides is 1. The lowest BCUT2D eigenvalue weighted by Crippen LogP contribution is -2.32. The minimum atomic E-state index is -0.583. The molecule has 0 bridgehead atoms. The molecule has 1 aromatic heterocycles. The first kappa shape index (κ1) is 23.6. The highest BCUT2D eigenvalue weighted by Gasteiger charge is 2.31. The highest BCUT2D eigenvalue weighted by Crippen LogP contribution is 2.36. The fourth-order valence-electron chi connectivity index (χ4n) is 4.20. The lowest BCUT2D eigenvalue weighted by atomic mass is 10.1. The molecule has 2 fully saturated rings. The maximum atomic E-state index is 13.6. The molecule has 1 saturated heterocycles. The van der Waals surface area contributed by atoms with Crippen molar-refractivity contribution in [2.75, 3.05) is 13.7 Å². The highest BCUT2D eigenvalue weighted by atomic mass is 32.2. The van der Waals surface area contributed by atoms with Gasteiger partial charge in [-0.15, -0.1) is 0 Å². The number of benzene rings is 2. The molecule has 8 nitrogen and oxygen atoms in total. The number of carbonyl (C=O) groups is 2. The molecule has 3 aromatic rings. The zero-order valence-corrected chi connectivity index (χ0v) is 20.3. The predicted molar refractivity (Wildman–Crippen MR) is 133 cm³/mol. The van der Waals surface area contributed by atoms with Gasteiger partial charge in [-0.25, -0.2) is 9.78 Å². The van der Waals surface area contributed by atoms with Gasteiger partial charge in [0.25, 0.3) is 5.56 Å². The van der Waals surface area contributed by atoms with Crippen molar-refractivity contribution in [1.82, 2.24) is 14.9 Å². The average molecular weight is 494 g/mol. The van der Waals surface area contributed by atoms with E-state index in [9.17, 15) is 14.4 Å². The number of hydrogen-bond acceptors (Lipinski definition) is 7. The molecule has 2 aliphatic rings. The summed E-state index contributed by atoms with van der Waals surface area (Å²) >= 11 is 1.25. The Morgan fingerprint density at radius 3 is 2.69 bits per heavy atom. The number of hydrogen-bond donors (Lipinski definition) is 1. The van der Waals surface area contributed by atoms with E-state index in [0.717, 1.165) is 31.2 Å². The summed E-state index contributed by atoms with van der Waals surface area (Å²) in [6, 6.07) is 14.4. The van der Waals surface area contributed by atoms with Crippen LogP contribution in [0.4, 0.5) is 0 Å². The topological polar surface area (TPSA) is 99.5 Å². The van der Waals surface area contributed by atoms with Gasteiger partial charge in [-0.05, 0) is 49.4 Å². The minimum absolute atomic E-state index is 0.0869. The van der Waals surface area contributed by atoms with Gasteiger partial charge in [0, 0.05) is 12.6 Å². The lowest BCUT2D eigenvalue weighted by molar-refractivity contribution is -0.120. The zero-order chi connectivity index (χ0) is 24.4. The molecule has 2 aromatic carbocycles. The molecule has 5 rings (SSSR count). The standard InChI is InChI=1S/C26H27N3O5S/c1-33-25(32)17-9-12-20-21(14-17)28-26(29(24(20)31)15-19-8-5-13-34-19)35-22(16-6-3-2-4-7-16)23(30)27-18-10-11-18/h2-4,6-7,9,12,14,18-19,22H,5,8,10-11,13,15H2,1H3,(H,27,30). The van der Waals surface area contributed by atoms with Gasteiger partial charge in [-0.2, -0.15) is 0 Å². The van der Waals surface area contributed by atoms with Crippen LogP contribution in [0.5, 0.6) is 0 Å². The van der Waals surface area contributed by atoms with Gasteiger partial charge in [0.05, 0.1) is 36.2 Å². The molecule has 0 spiro atoms. The molecular formula is C26H27N3O5S. The van der Waals surface area contributed by atoms with Crippen molar-refractivity contribution >= 4 is 34.5 Å². The molecule has 9 heteroatoms. The molecule has 0 radical (unpaired) electrons. The summed E-state index contributed by atoms with van der Waals surface area (Å²) in [4.78, 5) is 43.7. The molecule has 2 heterocycles. The fourth-order valence-corrected chi connectivity index (χ4v) is 5.31. The van der Waals surface area contributed by atoms with E-state index in [4.69, 9.17) is 14.5 Å². The second-order valence-corrected chi connectivity index (χ2v) is 9.93. The molecule has 1 amide bonds. The molecule has 35 heavy (non-hydrogen) atoms. The Morgan fingerprint density at radius 2 is 2.00 bits per heavy atom. The Balaban J connectivity index is 1.59. The van der Waals surface area contributed by atoms with Crippen molar-refractivity contribution in [2.24, 2.45) is 0 Å². The smallest absolute Gasteiger partial charge is 0.337 e. The van der Waals surface area contributed by atoms with Gasteiger partial charge < -0.3 is 14.8 Å². The summed E-state index contributed by atoms with van der Waals surface area (Å²) in [6.45, 7) is 1.02. The minimum Gasteiger partial charge on any atom is -0.465 e. The number of thioether (sulfide) groups is 1. The van der Waals surface area contributed by atoms with E-state index in [1.54, 1.807) is 22.8 Å². The molecule has 2 unspecified atom stereocenters. The van der Waals surface area contributed by atoms with E-state index >= 15 is 0 Å². The van der Waals surface area contributed by atoms with E-state index in [1.165, 1.54) is 18.9 Å². The van der Waals surface area contributed by atoms with Crippen molar-refractivity contribution in [2.45, 2.75) is 54.8 Å². The molecule has 1 N–H and O–H groups in total. The summed E-state index contributed by atoms with van der Waals surface area (Å²) in [5, 5.41) is 3.32. The SMILES string of the molecule is COC(=O)c1ccc2c(=O)n(CC3CCCO3)c(SC(C(=O)NC3CC3)c3ccccc3)nc2c1. The van der Waals surface area contributed by atoms with Crippen molar-refractivity contribution in [3.8, 4) is 0 Å². The van der Waals surface area contributed by atoms with Gasteiger partial charge in [-0.1, -0.05) is 42.1 Å². The zero-order valence-electron chi connectivity index (χ0n) is 19.4. The van der Waals surface area contributed by atoms with Crippen LogP contribution < -0.4 is 10.9 Å². The van der Waals surface area contributed by atoms with Gasteiger partial charge in [0.1, 0.15) is 5.25 Å². The quantitative estimate of drug-likeness (QED) is 0.291. The number of fused-ring (bicyclic) bond motifs is 1. The highest BCUT2D eigenvalue weighted by molar-refractivity contribution is 8.00. The van der Waals surface area contributed by atoms with Crippen molar-refractivity contribution in [3.05, 3.63) is 70.0 Å². The van der Waals surface area contributed by atoms with E-state index in [0.29, 0.717) is 34.8 Å². The maximum Gasteiger partial charge on any atom is 0.337 e. The monoisotopic (exact) mass is 493 g/mol. The van der Waals surface area contributed by atoms with E-state index < -0.39 is 11.2 Å². The maximum absolute atomic E-state index is 13.6. The Labute approximate surface area is 207 Å². The number of rotatable bonds is 8. The number of nitrogens with zero attached hydrogens (tertiary/aromatic N) is 2. The van der Waals surface area contributed by atoms with Crippen LogP contribution in [0.25, 0.3) is 10.9 Å². The Hall–Kier alpha value is -3.17. The van der Waals surface area contributed by atoms with Gasteiger partial charge in [-0.3, -0.25) is 14.2 Å². The number of esters is 1. The summed E-state index contributed by atoms with van der Waals surface area (Å²) < 4.78 is 12.2. The number of aromatic nitrogens is 2. The summed E-state index contributed by atoms with van der Waals surface area (Å²) in [7, 11) is 1.31. The van der Waals surface area contributed by atoms with Crippen molar-refractivity contribution in [3.63, 3.8) is 0 Å². The lowest BCUT2D eigenvalue weighted by Gasteiger charge is -2.21. The van der Waals surface area contributed by atoms with Crippen molar-refractivity contribution < 1.29 is 19.1 Å². The average Bonchev–Trinajstić information content (AvgIpc) is 3.54. The summed E-state index contributed by atoms with van der Waals surface area (Å²) in [5.74, 6) is -0.609. The molecule has 1 aliphatic carbocycles. The van der Waals surface area contributed by atoms with E-state index in [1.807, 2.05) is 30.3 Å². The van der Waals surface area contributed by atoms with Crippen LogP contribution in [0, 0.1) is 0 Å². The van der Waals surface area contributed by atoms with E-state index in [2.05, 4.69) is 5.32 Å². The van der Waals surface area contributed by atoms with Crippen LogP contribution in [0.15, 0.2) is 58.5 Å².